The molecule has 0 rings (SSSR count). The fourth-order valence-corrected chi connectivity index (χ4v) is 5.92. The van der Waals surface area contributed by atoms with Crippen molar-refractivity contribution in [2.24, 2.45) is 0 Å². The smallest absolute Gasteiger partial charge is 0.306 e. The highest BCUT2D eigenvalue weighted by atomic mass is 16.6. The molecule has 57 heavy (non-hydrogen) atoms. The fourth-order valence-electron chi connectivity index (χ4n) is 5.92. The molecule has 1 unspecified atom stereocenters. The van der Waals surface area contributed by atoms with E-state index in [0.29, 0.717) is 19.3 Å². The zero-order valence-electron chi connectivity index (χ0n) is 36.8. The number of hydrogen-bond donors (Lipinski definition) is 0. The van der Waals surface area contributed by atoms with Gasteiger partial charge in [0.25, 0.3) is 0 Å². The van der Waals surface area contributed by atoms with Gasteiger partial charge >= 0.3 is 17.9 Å². The van der Waals surface area contributed by atoms with E-state index in [1.54, 1.807) is 0 Å². The van der Waals surface area contributed by atoms with Gasteiger partial charge in [0.2, 0.25) is 0 Å². The van der Waals surface area contributed by atoms with Crippen LogP contribution in [0.1, 0.15) is 201 Å². The molecule has 0 aromatic carbocycles. The number of rotatable bonds is 40. The molecule has 0 fully saturated rings. The van der Waals surface area contributed by atoms with Crippen LogP contribution in [0.15, 0.2) is 85.1 Å². The maximum Gasteiger partial charge on any atom is 0.306 e. The predicted octanol–water partition coefficient (Wildman–Crippen LogP) is 14.9. The highest BCUT2D eigenvalue weighted by Gasteiger charge is 2.19. The second kappa shape index (κ2) is 45.3. The van der Waals surface area contributed by atoms with Gasteiger partial charge in [-0.3, -0.25) is 14.4 Å². The number of ether oxygens (including phenoxy) is 3. The molecule has 0 amide bonds. The van der Waals surface area contributed by atoms with Gasteiger partial charge in [-0.1, -0.05) is 176 Å². The van der Waals surface area contributed by atoms with Crippen LogP contribution in [0.5, 0.6) is 0 Å². The Labute approximate surface area is 350 Å². The Balaban J connectivity index is 4.40. The summed E-state index contributed by atoms with van der Waals surface area (Å²) in [5, 5.41) is 0. The number of carbonyl (C=O) groups excluding carboxylic acids is 3. The lowest BCUT2D eigenvalue weighted by Crippen LogP contribution is -2.30. The minimum absolute atomic E-state index is 0.101. The topological polar surface area (TPSA) is 78.9 Å². The highest BCUT2D eigenvalue weighted by molar-refractivity contribution is 5.71. The lowest BCUT2D eigenvalue weighted by atomic mass is 10.1. The Morgan fingerprint density at radius 1 is 0.368 bits per heavy atom. The van der Waals surface area contributed by atoms with Crippen LogP contribution < -0.4 is 0 Å². The van der Waals surface area contributed by atoms with E-state index in [-0.39, 0.29) is 37.5 Å². The zero-order valence-corrected chi connectivity index (χ0v) is 36.8. The third-order valence-electron chi connectivity index (χ3n) is 9.38. The summed E-state index contributed by atoms with van der Waals surface area (Å²) in [5.41, 5.74) is 0. The van der Waals surface area contributed by atoms with Crippen molar-refractivity contribution in [3.05, 3.63) is 85.1 Å². The largest absolute Gasteiger partial charge is 0.462 e. The summed E-state index contributed by atoms with van der Waals surface area (Å²) in [6.45, 7) is 6.36. The van der Waals surface area contributed by atoms with Gasteiger partial charge in [0.05, 0.1) is 0 Å². The van der Waals surface area contributed by atoms with E-state index in [4.69, 9.17) is 14.2 Å². The Kier molecular flexibility index (Phi) is 42.6. The first-order valence-corrected chi connectivity index (χ1v) is 23.1. The third-order valence-corrected chi connectivity index (χ3v) is 9.38. The second-order valence-corrected chi connectivity index (χ2v) is 14.9. The Morgan fingerprint density at radius 2 is 0.702 bits per heavy atom. The summed E-state index contributed by atoms with van der Waals surface area (Å²) >= 11 is 0. The Bertz CT molecular complexity index is 1140. The molecular formula is C51H84O6. The lowest BCUT2D eigenvalue weighted by Gasteiger charge is -2.18. The average Bonchev–Trinajstić information content (AvgIpc) is 3.21. The SMILES string of the molecule is CC/C=C\C/C=C\C/C=C\C/C=C\C/C=C\CCCC(=O)OCC(COC(=O)CCCCCCCC)OC(=O)CCCCCCC/C=C\C/C=C\CCCCCC. The van der Waals surface area contributed by atoms with Gasteiger partial charge < -0.3 is 14.2 Å². The van der Waals surface area contributed by atoms with E-state index in [0.717, 1.165) is 103 Å². The van der Waals surface area contributed by atoms with Crippen LogP contribution in [0.3, 0.4) is 0 Å². The molecule has 0 aliphatic rings. The summed E-state index contributed by atoms with van der Waals surface area (Å²) in [6, 6.07) is 0. The molecule has 0 heterocycles. The molecule has 0 aliphatic heterocycles. The molecule has 0 aromatic heterocycles. The van der Waals surface area contributed by atoms with Crippen molar-refractivity contribution in [1.82, 2.24) is 0 Å². The van der Waals surface area contributed by atoms with Gasteiger partial charge in [0.15, 0.2) is 6.10 Å². The van der Waals surface area contributed by atoms with Crippen molar-refractivity contribution in [3.63, 3.8) is 0 Å². The highest BCUT2D eigenvalue weighted by Crippen LogP contribution is 2.12. The molecular weight excluding hydrogens is 709 g/mol. The summed E-state index contributed by atoms with van der Waals surface area (Å²) in [4.78, 5) is 37.6. The molecule has 0 saturated carbocycles. The number of carbonyl (C=O) groups is 3. The minimum Gasteiger partial charge on any atom is -0.462 e. The monoisotopic (exact) mass is 793 g/mol. The van der Waals surface area contributed by atoms with Crippen molar-refractivity contribution in [2.75, 3.05) is 13.2 Å². The molecule has 1 atom stereocenters. The zero-order chi connectivity index (χ0) is 41.5. The van der Waals surface area contributed by atoms with Crippen molar-refractivity contribution < 1.29 is 28.6 Å². The molecule has 6 heteroatoms. The Hall–Kier alpha value is -3.41. The van der Waals surface area contributed by atoms with Crippen molar-refractivity contribution in [1.29, 1.82) is 0 Å². The molecule has 0 N–H and O–H groups in total. The molecule has 0 spiro atoms. The number of allylic oxidation sites excluding steroid dienone is 14. The maximum atomic E-state index is 12.7. The van der Waals surface area contributed by atoms with Crippen molar-refractivity contribution in [3.8, 4) is 0 Å². The summed E-state index contributed by atoms with van der Waals surface area (Å²) < 4.78 is 16.6. The molecule has 0 bridgehead atoms. The second-order valence-electron chi connectivity index (χ2n) is 14.9. The van der Waals surface area contributed by atoms with Crippen LogP contribution in [0.25, 0.3) is 0 Å². The van der Waals surface area contributed by atoms with Gasteiger partial charge in [-0.25, -0.2) is 0 Å². The normalized spacial score (nSPS) is 12.8. The standard InChI is InChI=1S/C51H84O6/c1-4-7-10-13-16-18-20-22-24-26-28-29-31-33-35-38-41-44-50(53)56-47-48(46-55-49(52)43-40-37-15-12-9-6-3)57-51(54)45-42-39-36-34-32-30-27-25-23-21-19-17-14-11-8-5-2/h7,10,16,18-19,21-22,24-25,27-29,33,35,48H,4-6,8-9,11-15,17,20,23,26,30-32,34,36-47H2,1-3H3/b10-7-,18-16-,21-19-,24-22-,27-25-,29-28-,35-33-. The van der Waals surface area contributed by atoms with Gasteiger partial charge in [0.1, 0.15) is 13.2 Å². The summed E-state index contributed by atoms with van der Waals surface area (Å²) in [7, 11) is 0. The Morgan fingerprint density at radius 3 is 1.16 bits per heavy atom. The molecule has 0 aliphatic carbocycles. The molecule has 0 radical (unpaired) electrons. The van der Waals surface area contributed by atoms with E-state index < -0.39 is 6.10 Å². The minimum atomic E-state index is -0.802. The van der Waals surface area contributed by atoms with Gasteiger partial charge in [-0.2, -0.15) is 0 Å². The first kappa shape index (κ1) is 53.6. The number of unbranched alkanes of at least 4 members (excludes halogenated alkanes) is 15. The van der Waals surface area contributed by atoms with Crippen LogP contribution >= 0.6 is 0 Å². The van der Waals surface area contributed by atoms with Gasteiger partial charge in [0, 0.05) is 19.3 Å². The van der Waals surface area contributed by atoms with E-state index in [2.05, 4.69) is 106 Å². The van der Waals surface area contributed by atoms with Crippen LogP contribution in [0, 0.1) is 0 Å². The van der Waals surface area contributed by atoms with Crippen LogP contribution in [-0.2, 0) is 28.6 Å². The first-order valence-electron chi connectivity index (χ1n) is 23.1. The first-order chi connectivity index (χ1) is 28.0. The van der Waals surface area contributed by atoms with Crippen LogP contribution in [-0.4, -0.2) is 37.2 Å². The predicted molar refractivity (Wildman–Crippen MR) is 242 cm³/mol. The lowest BCUT2D eigenvalue weighted by molar-refractivity contribution is -0.167. The molecule has 0 saturated heterocycles. The van der Waals surface area contributed by atoms with E-state index in [1.165, 1.54) is 51.4 Å². The summed E-state index contributed by atoms with van der Waals surface area (Å²) in [5.74, 6) is -0.993. The number of esters is 3. The number of hydrogen-bond acceptors (Lipinski definition) is 6. The van der Waals surface area contributed by atoms with E-state index in [9.17, 15) is 14.4 Å². The molecule has 324 valence electrons. The summed E-state index contributed by atoms with van der Waals surface area (Å²) in [6.07, 6.45) is 57.3. The van der Waals surface area contributed by atoms with Crippen molar-refractivity contribution >= 4 is 17.9 Å². The molecule has 6 nitrogen and oxygen atoms in total. The van der Waals surface area contributed by atoms with Crippen LogP contribution in [0.2, 0.25) is 0 Å². The van der Waals surface area contributed by atoms with Crippen LogP contribution in [0.4, 0.5) is 0 Å². The van der Waals surface area contributed by atoms with E-state index >= 15 is 0 Å². The van der Waals surface area contributed by atoms with Gasteiger partial charge in [-0.05, 0) is 89.9 Å². The maximum absolute atomic E-state index is 12.7. The van der Waals surface area contributed by atoms with Gasteiger partial charge in [-0.15, -0.1) is 0 Å². The fraction of sp³-hybridized carbons (Fsp3) is 0.667. The van der Waals surface area contributed by atoms with E-state index in [1.807, 2.05) is 0 Å². The van der Waals surface area contributed by atoms with Crippen molar-refractivity contribution in [2.45, 2.75) is 207 Å². The third kappa shape index (κ3) is 43.6. The molecule has 0 aromatic rings. The quantitative estimate of drug-likeness (QED) is 0.0266. The average molecular weight is 793 g/mol.